The molecule has 0 saturated carbocycles. The molecule has 0 aliphatic carbocycles. The summed E-state index contributed by atoms with van der Waals surface area (Å²) in [6, 6.07) is -0.141. The average Bonchev–Trinajstić information content (AvgIpc) is 3.03. The first-order valence-electron chi connectivity index (χ1n) is 6.93. The first-order chi connectivity index (χ1) is 9.94. The van der Waals surface area contributed by atoms with Gasteiger partial charge >= 0.3 is 6.03 Å². The molecule has 21 heavy (non-hydrogen) atoms. The van der Waals surface area contributed by atoms with Crippen LogP contribution in [0.1, 0.15) is 12.8 Å². The van der Waals surface area contributed by atoms with Crippen LogP contribution in [-0.4, -0.2) is 54.3 Å². The molecule has 2 amide bonds. The number of carbonyl (C=O) groups excluding carboxylic acids is 1. The first-order valence-corrected chi connectivity index (χ1v) is 8.64. The van der Waals surface area contributed by atoms with Gasteiger partial charge in [0.15, 0.2) is 0 Å². The van der Waals surface area contributed by atoms with Gasteiger partial charge in [-0.05, 0) is 18.8 Å². The molecule has 1 fully saturated rings. The maximum absolute atomic E-state index is 11.9. The normalized spacial score (nSPS) is 18.9. The van der Waals surface area contributed by atoms with Gasteiger partial charge < -0.3 is 14.8 Å². The van der Waals surface area contributed by atoms with Crippen molar-refractivity contribution in [3.8, 4) is 0 Å². The number of urea groups is 1. The van der Waals surface area contributed by atoms with E-state index in [1.54, 1.807) is 17.4 Å². The van der Waals surface area contributed by atoms with Gasteiger partial charge in [-0.2, -0.15) is 0 Å². The van der Waals surface area contributed by atoms with Crippen LogP contribution >= 0.6 is 0 Å². The van der Waals surface area contributed by atoms with Crippen molar-refractivity contribution in [3.05, 3.63) is 18.7 Å². The Morgan fingerprint density at radius 3 is 2.95 bits per heavy atom. The monoisotopic (exact) mass is 315 g/mol. The van der Waals surface area contributed by atoms with Crippen LogP contribution in [-0.2, 0) is 16.6 Å². The summed E-state index contributed by atoms with van der Waals surface area (Å²) in [5.74, 6) is -0.117. The Bertz CT molecular complexity index is 557. The quantitative estimate of drug-likeness (QED) is 0.695. The van der Waals surface area contributed by atoms with E-state index < -0.39 is 10.0 Å². The van der Waals surface area contributed by atoms with Gasteiger partial charge in [-0.3, -0.25) is 0 Å². The zero-order valence-electron chi connectivity index (χ0n) is 11.8. The minimum Gasteiger partial charge on any atom is -0.338 e. The van der Waals surface area contributed by atoms with Crippen LogP contribution in [0.4, 0.5) is 4.79 Å². The Labute approximate surface area is 124 Å². The maximum Gasteiger partial charge on any atom is 0.317 e. The Morgan fingerprint density at radius 1 is 1.48 bits per heavy atom. The highest BCUT2D eigenvalue weighted by molar-refractivity contribution is 7.89. The van der Waals surface area contributed by atoms with E-state index in [2.05, 4.69) is 10.3 Å². The van der Waals surface area contributed by atoms with Crippen molar-refractivity contribution < 1.29 is 13.2 Å². The minimum absolute atomic E-state index is 0.0581. The van der Waals surface area contributed by atoms with Crippen molar-refractivity contribution in [1.82, 2.24) is 19.8 Å². The molecule has 0 aromatic carbocycles. The van der Waals surface area contributed by atoms with Crippen LogP contribution < -0.4 is 10.5 Å². The Morgan fingerprint density at radius 2 is 2.29 bits per heavy atom. The van der Waals surface area contributed by atoms with Crippen LogP contribution in [0.25, 0.3) is 0 Å². The van der Waals surface area contributed by atoms with E-state index in [9.17, 15) is 13.2 Å². The number of imidazole rings is 1. The highest BCUT2D eigenvalue weighted by Crippen LogP contribution is 2.17. The summed E-state index contributed by atoms with van der Waals surface area (Å²) in [4.78, 5) is 17.5. The number of aryl methyl sites for hydroxylation is 1. The van der Waals surface area contributed by atoms with E-state index in [4.69, 9.17) is 5.14 Å². The molecule has 1 atom stereocenters. The van der Waals surface area contributed by atoms with Gasteiger partial charge in [-0.15, -0.1) is 0 Å². The van der Waals surface area contributed by atoms with E-state index in [0.717, 1.165) is 13.0 Å². The Hall–Kier alpha value is -1.61. The van der Waals surface area contributed by atoms with Gasteiger partial charge in [0.25, 0.3) is 0 Å². The molecule has 0 unspecified atom stereocenters. The molecule has 0 radical (unpaired) electrons. The molecule has 2 rings (SSSR count). The summed E-state index contributed by atoms with van der Waals surface area (Å²) < 4.78 is 24.0. The standard InChI is InChI=1S/C12H21N5O3S/c13-21(19,20)9-11-2-6-17(8-11)12(18)15-3-1-5-16-7-4-14-10-16/h4,7,10-11H,1-3,5-6,8-9H2,(H,15,18)(H2,13,19,20)/t11-/m0/s1. The summed E-state index contributed by atoms with van der Waals surface area (Å²) in [6.45, 7) is 2.40. The third kappa shape index (κ3) is 5.35. The van der Waals surface area contributed by atoms with Gasteiger partial charge in [-0.1, -0.05) is 0 Å². The van der Waals surface area contributed by atoms with E-state index in [-0.39, 0.29) is 17.7 Å². The largest absolute Gasteiger partial charge is 0.338 e. The van der Waals surface area contributed by atoms with E-state index in [1.807, 2.05) is 10.8 Å². The van der Waals surface area contributed by atoms with Crippen molar-refractivity contribution in [3.63, 3.8) is 0 Å². The number of aromatic nitrogens is 2. The molecule has 1 saturated heterocycles. The number of primary sulfonamides is 1. The number of sulfonamides is 1. The van der Waals surface area contributed by atoms with Crippen molar-refractivity contribution in [2.75, 3.05) is 25.4 Å². The highest BCUT2D eigenvalue weighted by Gasteiger charge is 2.28. The summed E-state index contributed by atoms with van der Waals surface area (Å²) >= 11 is 0. The molecule has 0 spiro atoms. The number of hydrogen-bond donors (Lipinski definition) is 2. The molecule has 9 heteroatoms. The van der Waals surface area contributed by atoms with Crippen LogP contribution in [0.15, 0.2) is 18.7 Å². The highest BCUT2D eigenvalue weighted by atomic mass is 32.2. The maximum atomic E-state index is 11.9. The predicted octanol–water partition coefficient (Wildman–Crippen LogP) is -0.407. The lowest BCUT2D eigenvalue weighted by molar-refractivity contribution is 0.207. The van der Waals surface area contributed by atoms with Gasteiger partial charge in [0.2, 0.25) is 10.0 Å². The third-order valence-corrected chi connectivity index (χ3v) is 4.41. The number of nitrogens with one attached hydrogen (secondary N) is 1. The summed E-state index contributed by atoms with van der Waals surface area (Å²) in [6.07, 6.45) is 6.82. The zero-order valence-corrected chi connectivity index (χ0v) is 12.6. The van der Waals surface area contributed by atoms with Crippen molar-refractivity contribution in [1.29, 1.82) is 0 Å². The molecule has 1 aromatic heterocycles. The predicted molar refractivity (Wildman–Crippen MR) is 77.9 cm³/mol. The fourth-order valence-electron chi connectivity index (χ4n) is 2.47. The molecular formula is C12H21N5O3S. The number of rotatable bonds is 6. The van der Waals surface area contributed by atoms with Crippen LogP contribution in [0.5, 0.6) is 0 Å². The molecule has 118 valence electrons. The third-order valence-electron chi connectivity index (χ3n) is 3.47. The molecule has 1 aromatic rings. The number of likely N-dealkylation sites (tertiary alicyclic amines) is 1. The van der Waals surface area contributed by atoms with E-state index in [0.29, 0.717) is 26.1 Å². The topological polar surface area (TPSA) is 110 Å². The molecule has 1 aliphatic rings. The summed E-state index contributed by atoms with van der Waals surface area (Å²) in [5, 5.41) is 7.87. The second-order valence-corrected chi connectivity index (χ2v) is 6.98. The summed E-state index contributed by atoms with van der Waals surface area (Å²) in [5.41, 5.74) is 0. The minimum atomic E-state index is -3.47. The molecular weight excluding hydrogens is 294 g/mol. The zero-order chi connectivity index (χ0) is 15.3. The van der Waals surface area contributed by atoms with Crippen LogP contribution in [0.3, 0.4) is 0 Å². The average molecular weight is 315 g/mol. The molecule has 2 heterocycles. The van der Waals surface area contributed by atoms with E-state index >= 15 is 0 Å². The fourth-order valence-corrected chi connectivity index (χ4v) is 3.40. The number of carbonyl (C=O) groups is 1. The number of amides is 2. The smallest absolute Gasteiger partial charge is 0.317 e. The van der Waals surface area contributed by atoms with Crippen molar-refractivity contribution in [2.24, 2.45) is 11.1 Å². The van der Waals surface area contributed by atoms with Crippen molar-refractivity contribution >= 4 is 16.1 Å². The number of nitrogens with two attached hydrogens (primary N) is 1. The van der Waals surface area contributed by atoms with Gasteiger partial charge in [0.05, 0.1) is 12.1 Å². The second-order valence-electron chi connectivity index (χ2n) is 5.32. The molecule has 8 nitrogen and oxygen atoms in total. The Kier molecular flexibility index (Phi) is 5.18. The van der Waals surface area contributed by atoms with Gasteiger partial charge in [0, 0.05) is 38.6 Å². The molecule has 1 aliphatic heterocycles. The number of nitrogens with zero attached hydrogens (tertiary/aromatic N) is 3. The fraction of sp³-hybridized carbons (Fsp3) is 0.667. The lowest BCUT2D eigenvalue weighted by Crippen LogP contribution is -2.39. The Balaban J connectivity index is 1.65. The first kappa shape index (κ1) is 15.8. The molecule has 0 bridgehead atoms. The second kappa shape index (κ2) is 6.90. The lowest BCUT2D eigenvalue weighted by atomic mass is 10.2. The van der Waals surface area contributed by atoms with Crippen LogP contribution in [0.2, 0.25) is 0 Å². The summed E-state index contributed by atoms with van der Waals surface area (Å²) in [7, 11) is -3.47. The lowest BCUT2D eigenvalue weighted by Gasteiger charge is -2.17. The van der Waals surface area contributed by atoms with Gasteiger partial charge in [-0.25, -0.2) is 23.3 Å². The SMILES string of the molecule is NS(=O)(=O)C[C@H]1CCN(C(=O)NCCCn2ccnc2)C1. The molecule has 3 N–H and O–H groups in total. The number of hydrogen-bond acceptors (Lipinski definition) is 4. The van der Waals surface area contributed by atoms with Crippen LogP contribution in [0, 0.1) is 5.92 Å². The van der Waals surface area contributed by atoms with E-state index in [1.165, 1.54) is 0 Å². The van der Waals surface area contributed by atoms with Gasteiger partial charge in [0.1, 0.15) is 0 Å². The van der Waals surface area contributed by atoms with Crippen molar-refractivity contribution in [2.45, 2.75) is 19.4 Å².